The molecule has 2 aromatic carbocycles. The van der Waals surface area contributed by atoms with Crippen LogP contribution in [0.5, 0.6) is 0 Å². The highest BCUT2D eigenvalue weighted by Crippen LogP contribution is 2.33. The zero-order chi connectivity index (χ0) is 20.4. The summed E-state index contributed by atoms with van der Waals surface area (Å²) < 4.78 is 0. The van der Waals surface area contributed by atoms with Gasteiger partial charge in [0.1, 0.15) is 0 Å². The Bertz CT molecular complexity index is 667. The van der Waals surface area contributed by atoms with Crippen LogP contribution in [0.4, 0.5) is 11.4 Å². The predicted octanol–water partition coefficient (Wildman–Crippen LogP) is 7.25. The number of benzene rings is 2. The number of anilines is 2. The van der Waals surface area contributed by atoms with Gasteiger partial charge in [0, 0.05) is 17.3 Å². The first-order valence-electron chi connectivity index (χ1n) is 11.4. The second-order valence-electron chi connectivity index (χ2n) is 8.09. The van der Waals surface area contributed by atoms with Crippen LogP contribution >= 0.6 is 0 Å². The van der Waals surface area contributed by atoms with Gasteiger partial charge in [0.15, 0.2) is 0 Å². The Balaban J connectivity index is 2.16. The van der Waals surface area contributed by atoms with Crippen molar-refractivity contribution in [2.24, 2.45) is 0 Å². The molecule has 2 nitrogen and oxygen atoms in total. The Morgan fingerprint density at radius 2 is 1.11 bits per heavy atom. The van der Waals surface area contributed by atoms with Crippen LogP contribution in [0.2, 0.25) is 0 Å². The number of rotatable bonds is 12. The Labute approximate surface area is 172 Å². The van der Waals surface area contributed by atoms with Gasteiger partial charge >= 0.3 is 0 Å². The molecule has 0 saturated carbocycles. The minimum atomic E-state index is 0.424. The van der Waals surface area contributed by atoms with Gasteiger partial charge in [-0.1, -0.05) is 90.0 Å². The Hall–Kier alpha value is -1.96. The number of hydrogen-bond donors (Lipinski definition) is 2. The molecule has 0 radical (unpaired) electrons. The molecule has 0 aliphatic carbocycles. The molecule has 4 N–H and O–H groups in total. The lowest BCUT2D eigenvalue weighted by Crippen LogP contribution is -2.05. The summed E-state index contributed by atoms with van der Waals surface area (Å²) in [5.74, 6) is 0.424. The maximum atomic E-state index is 6.17. The fraction of sp³-hybridized carbons (Fsp3) is 0.538. The molecule has 2 rings (SSSR count). The molecule has 28 heavy (non-hydrogen) atoms. The number of nitrogen functional groups attached to an aromatic ring is 2. The molecule has 154 valence electrons. The summed E-state index contributed by atoms with van der Waals surface area (Å²) in [6.07, 6.45) is 12.6. The van der Waals surface area contributed by atoms with E-state index in [1.807, 2.05) is 0 Å². The van der Waals surface area contributed by atoms with Gasteiger partial charge in [0.25, 0.3) is 0 Å². The molecule has 0 aliphatic heterocycles. The number of nitrogens with two attached hydrogens (primary N) is 2. The first kappa shape index (κ1) is 22.3. The van der Waals surface area contributed by atoms with Crippen molar-refractivity contribution in [3.63, 3.8) is 0 Å². The first-order chi connectivity index (χ1) is 13.6. The van der Waals surface area contributed by atoms with E-state index in [0.717, 1.165) is 24.2 Å². The van der Waals surface area contributed by atoms with E-state index in [0.29, 0.717) is 5.92 Å². The van der Waals surface area contributed by atoms with Crippen molar-refractivity contribution in [2.75, 3.05) is 11.5 Å². The van der Waals surface area contributed by atoms with Crippen molar-refractivity contribution in [3.8, 4) is 0 Å². The van der Waals surface area contributed by atoms with E-state index in [-0.39, 0.29) is 0 Å². The van der Waals surface area contributed by atoms with Gasteiger partial charge in [-0.15, -0.1) is 0 Å². The molecule has 0 aromatic heterocycles. The van der Waals surface area contributed by atoms with Gasteiger partial charge in [-0.2, -0.15) is 0 Å². The number of unbranched alkanes of at least 4 members (excludes halogenated alkanes) is 6. The molecule has 0 fully saturated rings. The lowest BCUT2D eigenvalue weighted by atomic mass is 9.84. The largest absolute Gasteiger partial charge is 0.399 e. The van der Waals surface area contributed by atoms with E-state index in [2.05, 4.69) is 57.2 Å². The zero-order valence-corrected chi connectivity index (χ0v) is 18.3. The molecular formula is C26H40N2. The highest BCUT2D eigenvalue weighted by Gasteiger charge is 2.16. The standard InChI is InChI=1S/C26H40N2/c1-4-7-8-9-10-11-12-13-24(22-14-16-25(27)20(5-2)18-22)23-15-17-26(28)21(6-3)19-23/h14-19,24H,4-13,27-28H2,1-3H3. The van der Waals surface area contributed by atoms with Crippen LogP contribution in [-0.2, 0) is 12.8 Å². The minimum Gasteiger partial charge on any atom is -0.399 e. The zero-order valence-electron chi connectivity index (χ0n) is 18.3. The van der Waals surface area contributed by atoms with Crippen LogP contribution < -0.4 is 11.5 Å². The third-order valence-electron chi connectivity index (χ3n) is 6.00. The van der Waals surface area contributed by atoms with E-state index >= 15 is 0 Å². The molecule has 2 aromatic rings. The van der Waals surface area contributed by atoms with E-state index in [9.17, 15) is 0 Å². The van der Waals surface area contributed by atoms with Crippen LogP contribution in [0, 0.1) is 0 Å². The molecule has 0 atom stereocenters. The molecule has 0 unspecified atom stereocenters. The maximum Gasteiger partial charge on any atom is 0.0346 e. The predicted molar refractivity (Wildman–Crippen MR) is 125 cm³/mol. The molecule has 0 saturated heterocycles. The average Bonchev–Trinajstić information content (AvgIpc) is 2.71. The van der Waals surface area contributed by atoms with Gasteiger partial charge in [-0.3, -0.25) is 0 Å². The normalized spacial score (nSPS) is 11.3. The molecule has 0 aliphatic rings. The van der Waals surface area contributed by atoms with Crippen molar-refractivity contribution in [1.82, 2.24) is 0 Å². The quantitative estimate of drug-likeness (QED) is 0.301. The summed E-state index contributed by atoms with van der Waals surface area (Å²) in [4.78, 5) is 0. The van der Waals surface area contributed by atoms with Crippen molar-refractivity contribution in [1.29, 1.82) is 0 Å². The molecule has 0 amide bonds. The third kappa shape index (κ3) is 6.29. The maximum absolute atomic E-state index is 6.17. The van der Waals surface area contributed by atoms with E-state index in [1.54, 1.807) is 0 Å². The molecule has 0 bridgehead atoms. The molecular weight excluding hydrogens is 340 g/mol. The second kappa shape index (κ2) is 11.8. The van der Waals surface area contributed by atoms with E-state index < -0.39 is 0 Å². The van der Waals surface area contributed by atoms with Gasteiger partial charge in [0.05, 0.1) is 0 Å². The Morgan fingerprint density at radius 1 is 0.643 bits per heavy atom. The van der Waals surface area contributed by atoms with Crippen molar-refractivity contribution in [3.05, 3.63) is 58.7 Å². The van der Waals surface area contributed by atoms with E-state index in [4.69, 9.17) is 11.5 Å². The summed E-state index contributed by atoms with van der Waals surface area (Å²) in [5.41, 5.74) is 19.5. The summed E-state index contributed by atoms with van der Waals surface area (Å²) in [6.45, 7) is 6.64. The highest BCUT2D eigenvalue weighted by molar-refractivity contribution is 5.53. The van der Waals surface area contributed by atoms with Crippen molar-refractivity contribution >= 4 is 11.4 Å². The lowest BCUT2D eigenvalue weighted by molar-refractivity contribution is 0.558. The number of hydrogen-bond acceptors (Lipinski definition) is 2. The lowest BCUT2D eigenvalue weighted by Gasteiger charge is -2.21. The number of aryl methyl sites for hydroxylation is 2. The van der Waals surface area contributed by atoms with Crippen LogP contribution in [-0.4, -0.2) is 0 Å². The third-order valence-corrected chi connectivity index (χ3v) is 6.00. The summed E-state index contributed by atoms with van der Waals surface area (Å²) >= 11 is 0. The summed E-state index contributed by atoms with van der Waals surface area (Å²) in [6, 6.07) is 13.3. The Morgan fingerprint density at radius 3 is 1.57 bits per heavy atom. The van der Waals surface area contributed by atoms with Gasteiger partial charge in [0.2, 0.25) is 0 Å². The second-order valence-corrected chi connectivity index (χ2v) is 8.09. The van der Waals surface area contributed by atoms with Crippen LogP contribution in [0.3, 0.4) is 0 Å². The molecule has 0 spiro atoms. The smallest absolute Gasteiger partial charge is 0.0346 e. The summed E-state index contributed by atoms with van der Waals surface area (Å²) in [7, 11) is 0. The fourth-order valence-electron chi connectivity index (χ4n) is 4.13. The topological polar surface area (TPSA) is 52.0 Å². The van der Waals surface area contributed by atoms with Gasteiger partial charge < -0.3 is 11.5 Å². The monoisotopic (exact) mass is 380 g/mol. The van der Waals surface area contributed by atoms with Crippen LogP contribution in [0.25, 0.3) is 0 Å². The Kier molecular flexibility index (Phi) is 9.40. The van der Waals surface area contributed by atoms with Gasteiger partial charge in [-0.05, 0) is 53.6 Å². The van der Waals surface area contributed by atoms with Crippen molar-refractivity contribution in [2.45, 2.75) is 90.9 Å². The fourth-order valence-corrected chi connectivity index (χ4v) is 4.13. The minimum absolute atomic E-state index is 0.424. The van der Waals surface area contributed by atoms with E-state index in [1.165, 1.54) is 73.6 Å². The van der Waals surface area contributed by atoms with Crippen LogP contribution in [0.15, 0.2) is 36.4 Å². The van der Waals surface area contributed by atoms with Crippen molar-refractivity contribution < 1.29 is 0 Å². The van der Waals surface area contributed by atoms with Gasteiger partial charge in [-0.25, -0.2) is 0 Å². The first-order valence-corrected chi connectivity index (χ1v) is 11.4. The summed E-state index contributed by atoms with van der Waals surface area (Å²) in [5, 5.41) is 0. The molecule has 2 heteroatoms. The SMILES string of the molecule is CCCCCCCCCC(c1ccc(N)c(CC)c1)c1ccc(N)c(CC)c1. The highest BCUT2D eigenvalue weighted by atomic mass is 14.6. The molecule has 0 heterocycles. The van der Waals surface area contributed by atoms with Crippen LogP contribution in [0.1, 0.15) is 100 Å². The average molecular weight is 381 g/mol.